The van der Waals surface area contributed by atoms with Crippen molar-refractivity contribution in [3.05, 3.63) is 51.3 Å². The molecule has 2 aromatic rings. The van der Waals surface area contributed by atoms with Crippen LogP contribution >= 0.6 is 11.6 Å². The van der Waals surface area contributed by atoms with Crippen LogP contribution in [0.5, 0.6) is 0 Å². The van der Waals surface area contributed by atoms with E-state index < -0.39 is 10.8 Å². The third-order valence-corrected chi connectivity index (χ3v) is 3.28. The summed E-state index contributed by atoms with van der Waals surface area (Å²) in [6, 6.07) is 7.27. The van der Waals surface area contributed by atoms with Gasteiger partial charge in [0.1, 0.15) is 5.56 Å². The Bertz CT molecular complexity index is 720. The minimum absolute atomic E-state index is 0.0626. The maximum Gasteiger partial charge on any atom is 0.278 e. The molecule has 0 amide bonds. The number of aromatic nitrogens is 2. The summed E-state index contributed by atoms with van der Waals surface area (Å²) in [5.41, 5.74) is 3.13. The largest absolute Gasteiger partial charge is 0.278 e. The summed E-state index contributed by atoms with van der Waals surface area (Å²) in [5, 5.41) is 3.38. The van der Waals surface area contributed by atoms with Crippen LogP contribution in [0.15, 0.2) is 29.1 Å². The molecular formula is C14H13ClN2O2. The smallest absolute Gasteiger partial charge is 0.275 e. The summed E-state index contributed by atoms with van der Waals surface area (Å²) >= 11 is 5.42. The molecule has 0 saturated carbocycles. The van der Waals surface area contributed by atoms with E-state index in [-0.39, 0.29) is 5.56 Å². The number of hydrogen-bond acceptors (Lipinski definition) is 3. The first kappa shape index (κ1) is 13.5. The Morgan fingerprint density at radius 1 is 1.21 bits per heavy atom. The Kier molecular flexibility index (Phi) is 3.53. The van der Waals surface area contributed by atoms with Gasteiger partial charge in [0, 0.05) is 12.6 Å². The summed E-state index contributed by atoms with van der Waals surface area (Å²) < 4.78 is 1.13. The third kappa shape index (κ3) is 2.58. The molecule has 0 aliphatic carbocycles. The predicted molar refractivity (Wildman–Crippen MR) is 74.6 cm³/mol. The molecule has 0 unspecified atom stereocenters. The van der Waals surface area contributed by atoms with Crippen LogP contribution in [0.2, 0.25) is 0 Å². The summed E-state index contributed by atoms with van der Waals surface area (Å²) in [4.78, 5) is 23.0. The second kappa shape index (κ2) is 4.97. The summed E-state index contributed by atoms with van der Waals surface area (Å²) in [7, 11) is 1.50. The fraction of sp³-hybridized carbons (Fsp3) is 0.214. The first-order valence-corrected chi connectivity index (χ1v) is 6.14. The molecule has 0 aliphatic rings. The van der Waals surface area contributed by atoms with Crippen molar-refractivity contribution >= 4 is 16.8 Å². The van der Waals surface area contributed by atoms with E-state index in [9.17, 15) is 9.59 Å². The van der Waals surface area contributed by atoms with Crippen LogP contribution in [0.25, 0.3) is 11.3 Å². The van der Waals surface area contributed by atoms with Crippen LogP contribution in [0.1, 0.15) is 21.5 Å². The van der Waals surface area contributed by atoms with E-state index in [0.717, 1.165) is 15.8 Å². The zero-order chi connectivity index (χ0) is 14.2. The van der Waals surface area contributed by atoms with E-state index in [1.165, 1.54) is 18.7 Å². The second-order valence-electron chi connectivity index (χ2n) is 4.44. The molecule has 19 heavy (non-hydrogen) atoms. The minimum atomic E-state index is -0.770. The van der Waals surface area contributed by atoms with Gasteiger partial charge in [-0.2, -0.15) is 5.10 Å². The van der Waals surface area contributed by atoms with Crippen LogP contribution in [0.3, 0.4) is 0 Å². The number of nitrogens with zero attached hydrogens (tertiary/aromatic N) is 2. The molecule has 2 rings (SSSR count). The van der Waals surface area contributed by atoms with Crippen molar-refractivity contribution in [3.8, 4) is 11.3 Å². The van der Waals surface area contributed by atoms with E-state index in [0.29, 0.717) is 5.69 Å². The lowest BCUT2D eigenvalue weighted by Crippen LogP contribution is -2.25. The van der Waals surface area contributed by atoms with Gasteiger partial charge < -0.3 is 0 Å². The molecule has 1 heterocycles. The van der Waals surface area contributed by atoms with E-state index in [1.807, 2.05) is 32.0 Å². The highest BCUT2D eigenvalue weighted by molar-refractivity contribution is 6.67. The Morgan fingerprint density at radius 3 is 2.47 bits per heavy atom. The fourth-order valence-corrected chi connectivity index (χ4v) is 1.93. The molecular weight excluding hydrogens is 264 g/mol. The van der Waals surface area contributed by atoms with Crippen molar-refractivity contribution in [1.29, 1.82) is 0 Å². The summed E-state index contributed by atoms with van der Waals surface area (Å²) in [6.07, 6.45) is 0. The van der Waals surface area contributed by atoms with Gasteiger partial charge in [0.2, 0.25) is 0 Å². The van der Waals surface area contributed by atoms with Gasteiger partial charge in [-0.1, -0.05) is 12.1 Å². The van der Waals surface area contributed by atoms with E-state index in [1.54, 1.807) is 0 Å². The fourth-order valence-electron chi connectivity index (χ4n) is 1.79. The average molecular weight is 277 g/mol. The van der Waals surface area contributed by atoms with Crippen molar-refractivity contribution in [2.45, 2.75) is 13.8 Å². The van der Waals surface area contributed by atoms with Gasteiger partial charge in [0.25, 0.3) is 10.8 Å². The molecule has 0 atom stereocenters. The molecule has 4 nitrogen and oxygen atoms in total. The zero-order valence-corrected chi connectivity index (χ0v) is 11.7. The lowest BCUT2D eigenvalue weighted by Gasteiger charge is -2.07. The standard InChI is InChI=1S/C14H13ClN2O2/c1-8-4-5-10(6-9(8)2)12-7-11(13(15)18)14(19)17(3)16-12/h4-7H,1-3H3. The van der Waals surface area contributed by atoms with Crippen molar-refractivity contribution in [2.75, 3.05) is 0 Å². The maximum absolute atomic E-state index is 11.7. The van der Waals surface area contributed by atoms with Crippen molar-refractivity contribution in [1.82, 2.24) is 9.78 Å². The van der Waals surface area contributed by atoms with Crippen LogP contribution in [0, 0.1) is 13.8 Å². The van der Waals surface area contributed by atoms with Crippen LogP contribution in [0.4, 0.5) is 0 Å². The number of carbonyl (C=O) groups is 1. The monoisotopic (exact) mass is 276 g/mol. The Hall–Kier alpha value is -1.94. The Morgan fingerprint density at radius 2 is 1.89 bits per heavy atom. The number of rotatable bonds is 2. The molecule has 0 radical (unpaired) electrons. The maximum atomic E-state index is 11.7. The lowest BCUT2D eigenvalue weighted by atomic mass is 10.0. The van der Waals surface area contributed by atoms with Crippen molar-refractivity contribution < 1.29 is 4.79 Å². The van der Waals surface area contributed by atoms with E-state index >= 15 is 0 Å². The second-order valence-corrected chi connectivity index (χ2v) is 4.79. The van der Waals surface area contributed by atoms with Gasteiger partial charge in [0.15, 0.2) is 0 Å². The van der Waals surface area contributed by atoms with Gasteiger partial charge in [-0.05, 0) is 48.7 Å². The highest BCUT2D eigenvalue weighted by atomic mass is 35.5. The zero-order valence-electron chi connectivity index (χ0n) is 10.9. The average Bonchev–Trinajstić information content (AvgIpc) is 2.35. The van der Waals surface area contributed by atoms with Crippen LogP contribution < -0.4 is 5.56 Å². The van der Waals surface area contributed by atoms with Crippen molar-refractivity contribution in [3.63, 3.8) is 0 Å². The van der Waals surface area contributed by atoms with Gasteiger partial charge in [0.05, 0.1) is 5.69 Å². The quantitative estimate of drug-likeness (QED) is 0.792. The molecule has 0 saturated heterocycles. The first-order valence-electron chi connectivity index (χ1n) is 5.76. The number of carbonyl (C=O) groups excluding carboxylic acids is 1. The lowest BCUT2D eigenvalue weighted by molar-refractivity contribution is 0.107. The molecule has 5 heteroatoms. The topological polar surface area (TPSA) is 52.0 Å². The van der Waals surface area contributed by atoms with Crippen LogP contribution in [-0.4, -0.2) is 15.0 Å². The van der Waals surface area contributed by atoms with E-state index in [2.05, 4.69) is 5.10 Å². The molecule has 98 valence electrons. The molecule has 0 fully saturated rings. The van der Waals surface area contributed by atoms with Gasteiger partial charge in [-0.25, -0.2) is 4.68 Å². The number of halogens is 1. The van der Waals surface area contributed by atoms with Gasteiger partial charge in [-0.3, -0.25) is 9.59 Å². The number of aryl methyl sites for hydroxylation is 3. The number of benzene rings is 1. The Balaban J connectivity index is 2.66. The van der Waals surface area contributed by atoms with Crippen LogP contribution in [-0.2, 0) is 7.05 Å². The molecule has 0 aliphatic heterocycles. The molecule has 1 aromatic heterocycles. The first-order chi connectivity index (χ1) is 8.90. The molecule has 0 bridgehead atoms. The Labute approximate surface area is 115 Å². The normalized spacial score (nSPS) is 10.5. The molecule has 1 aromatic carbocycles. The minimum Gasteiger partial charge on any atom is -0.275 e. The van der Waals surface area contributed by atoms with Gasteiger partial charge in [-0.15, -0.1) is 0 Å². The summed E-state index contributed by atoms with van der Waals surface area (Å²) in [5.74, 6) is 0. The number of hydrogen-bond donors (Lipinski definition) is 0. The van der Waals surface area contributed by atoms with Crippen molar-refractivity contribution in [2.24, 2.45) is 7.05 Å². The van der Waals surface area contributed by atoms with E-state index in [4.69, 9.17) is 11.6 Å². The van der Waals surface area contributed by atoms with Gasteiger partial charge >= 0.3 is 0 Å². The highest BCUT2D eigenvalue weighted by Gasteiger charge is 2.13. The summed E-state index contributed by atoms with van der Waals surface area (Å²) in [6.45, 7) is 4.01. The SMILES string of the molecule is Cc1ccc(-c2cc(C(=O)Cl)c(=O)n(C)n2)cc1C. The molecule has 0 N–H and O–H groups in total. The predicted octanol–water partition coefficient (Wildman–Crippen LogP) is 2.44. The third-order valence-electron chi connectivity index (χ3n) is 3.08. The molecule has 0 spiro atoms. The highest BCUT2D eigenvalue weighted by Crippen LogP contribution is 2.20.